The number of hydrogen-bond acceptors (Lipinski definition) is 2. The van der Waals surface area contributed by atoms with Gasteiger partial charge in [0.15, 0.2) is 0 Å². The number of hydrogen-bond donors (Lipinski definition) is 1. The molecule has 30 heavy (non-hydrogen) atoms. The zero-order valence-corrected chi connectivity index (χ0v) is 16.8. The zero-order chi connectivity index (χ0) is 20.2. The summed E-state index contributed by atoms with van der Waals surface area (Å²) in [6, 6.07) is 19.0. The molecular formula is C25H24N4O. The molecule has 1 amide bonds. The van der Waals surface area contributed by atoms with Crippen LogP contribution in [-0.4, -0.2) is 20.3 Å². The van der Waals surface area contributed by atoms with Crippen LogP contribution in [0.5, 0.6) is 0 Å². The largest absolute Gasteiger partial charge is 0.369 e. The van der Waals surface area contributed by atoms with Crippen molar-refractivity contribution in [2.24, 2.45) is 5.73 Å². The minimum Gasteiger partial charge on any atom is -0.369 e. The van der Waals surface area contributed by atoms with Crippen LogP contribution < -0.4 is 5.73 Å². The predicted octanol–water partition coefficient (Wildman–Crippen LogP) is 4.60. The van der Waals surface area contributed by atoms with Crippen molar-refractivity contribution in [3.05, 3.63) is 77.7 Å². The summed E-state index contributed by atoms with van der Waals surface area (Å²) in [5, 5.41) is 6.02. The van der Waals surface area contributed by atoms with E-state index in [-0.39, 0.29) is 12.3 Å². The lowest BCUT2D eigenvalue weighted by Gasteiger charge is -2.09. The minimum absolute atomic E-state index is 0.244. The Labute approximate surface area is 175 Å². The van der Waals surface area contributed by atoms with Gasteiger partial charge in [-0.1, -0.05) is 18.2 Å². The molecule has 0 atom stereocenters. The molecule has 150 valence electrons. The zero-order valence-electron chi connectivity index (χ0n) is 16.8. The van der Waals surface area contributed by atoms with Gasteiger partial charge in [-0.3, -0.25) is 4.79 Å². The lowest BCUT2D eigenvalue weighted by atomic mass is 10.1. The van der Waals surface area contributed by atoms with Crippen LogP contribution in [0.2, 0.25) is 0 Å². The Kier molecular flexibility index (Phi) is 3.85. The maximum Gasteiger partial charge on any atom is 0.221 e. The highest BCUT2D eigenvalue weighted by Gasteiger charge is 2.32. The van der Waals surface area contributed by atoms with Crippen LogP contribution in [-0.2, 0) is 11.2 Å². The molecule has 0 unspecified atom stereocenters. The highest BCUT2D eigenvalue weighted by atomic mass is 16.1. The molecule has 2 aromatic carbocycles. The molecular weight excluding hydrogens is 372 g/mol. The number of nitrogens with two attached hydrogens (primary N) is 1. The molecule has 2 aliphatic carbocycles. The van der Waals surface area contributed by atoms with E-state index in [1.807, 2.05) is 24.4 Å². The molecule has 0 spiro atoms. The number of carbonyl (C=O) groups excluding carboxylic acids is 1. The van der Waals surface area contributed by atoms with E-state index in [0.29, 0.717) is 11.8 Å². The molecule has 0 saturated heterocycles. The Bertz CT molecular complexity index is 1260. The van der Waals surface area contributed by atoms with E-state index in [2.05, 4.69) is 45.6 Å². The summed E-state index contributed by atoms with van der Waals surface area (Å²) in [5.74, 6) is 1.01. The number of para-hydroxylation sites is 1. The molecule has 2 aliphatic rings. The van der Waals surface area contributed by atoms with Crippen LogP contribution in [0.25, 0.3) is 22.3 Å². The van der Waals surface area contributed by atoms with Gasteiger partial charge >= 0.3 is 0 Å². The van der Waals surface area contributed by atoms with Crippen LogP contribution in [0, 0.1) is 0 Å². The maximum atomic E-state index is 11.5. The lowest BCUT2D eigenvalue weighted by Crippen LogP contribution is -2.13. The van der Waals surface area contributed by atoms with Crippen molar-refractivity contribution in [3.63, 3.8) is 0 Å². The number of aromatic nitrogens is 3. The molecule has 4 aromatic rings. The van der Waals surface area contributed by atoms with E-state index in [1.54, 1.807) is 0 Å². The van der Waals surface area contributed by atoms with Crippen molar-refractivity contribution in [1.29, 1.82) is 0 Å². The van der Waals surface area contributed by atoms with Gasteiger partial charge in [0, 0.05) is 34.8 Å². The maximum absolute atomic E-state index is 11.5. The second-order valence-corrected chi connectivity index (χ2v) is 8.66. The number of amides is 1. The van der Waals surface area contributed by atoms with Crippen LogP contribution in [0.4, 0.5) is 0 Å². The summed E-state index contributed by atoms with van der Waals surface area (Å²) in [5.41, 5.74) is 12.3. The van der Waals surface area contributed by atoms with Crippen LogP contribution in [0.1, 0.15) is 54.5 Å². The van der Waals surface area contributed by atoms with Crippen molar-refractivity contribution in [2.45, 2.75) is 43.9 Å². The third kappa shape index (κ3) is 3.02. The third-order valence-electron chi connectivity index (χ3n) is 6.28. The predicted molar refractivity (Wildman–Crippen MR) is 117 cm³/mol. The Balaban J connectivity index is 1.39. The van der Waals surface area contributed by atoms with Crippen LogP contribution >= 0.6 is 0 Å². The average molecular weight is 396 g/mol. The summed E-state index contributed by atoms with van der Waals surface area (Å²) in [4.78, 5) is 11.5. The number of carbonyl (C=O) groups is 1. The first-order valence-corrected chi connectivity index (χ1v) is 10.8. The van der Waals surface area contributed by atoms with Gasteiger partial charge in [0.1, 0.15) is 0 Å². The number of primary amides is 1. The van der Waals surface area contributed by atoms with E-state index in [1.165, 1.54) is 37.1 Å². The molecule has 0 aliphatic heterocycles. The first-order valence-electron chi connectivity index (χ1n) is 10.8. The van der Waals surface area contributed by atoms with Crippen molar-refractivity contribution < 1.29 is 4.79 Å². The Morgan fingerprint density at radius 3 is 2.37 bits per heavy atom. The van der Waals surface area contributed by atoms with Crippen LogP contribution in [0.15, 0.2) is 60.8 Å². The molecule has 5 nitrogen and oxygen atoms in total. The molecule has 2 heterocycles. The van der Waals surface area contributed by atoms with E-state index >= 15 is 0 Å². The van der Waals surface area contributed by atoms with Crippen LogP contribution in [0.3, 0.4) is 0 Å². The van der Waals surface area contributed by atoms with E-state index in [0.717, 1.165) is 27.8 Å². The van der Waals surface area contributed by atoms with Crippen molar-refractivity contribution >= 4 is 16.8 Å². The van der Waals surface area contributed by atoms with Gasteiger partial charge in [-0.2, -0.15) is 5.10 Å². The van der Waals surface area contributed by atoms with Gasteiger partial charge in [0.05, 0.1) is 23.3 Å². The van der Waals surface area contributed by atoms with Gasteiger partial charge in [-0.15, -0.1) is 0 Å². The smallest absolute Gasteiger partial charge is 0.221 e. The third-order valence-corrected chi connectivity index (χ3v) is 6.28. The van der Waals surface area contributed by atoms with Crippen molar-refractivity contribution in [2.75, 3.05) is 0 Å². The Morgan fingerprint density at radius 1 is 0.967 bits per heavy atom. The van der Waals surface area contributed by atoms with Gasteiger partial charge in [-0.05, 0) is 67.6 Å². The fourth-order valence-corrected chi connectivity index (χ4v) is 4.42. The Hall–Kier alpha value is -3.34. The van der Waals surface area contributed by atoms with Crippen molar-refractivity contribution in [3.8, 4) is 11.4 Å². The second-order valence-electron chi connectivity index (χ2n) is 8.66. The average Bonchev–Trinajstić information content (AvgIpc) is 3.70. The molecule has 2 N–H and O–H groups in total. The second kappa shape index (κ2) is 6.59. The first-order chi connectivity index (χ1) is 14.7. The fourth-order valence-electron chi connectivity index (χ4n) is 4.42. The molecule has 6 rings (SSSR count). The van der Waals surface area contributed by atoms with Crippen molar-refractivity contribution in [1.82, 2.24) is 14.3 Å². The van der Waals surface area contributed by atoms with Gasteiger partial charge < -0.3 is 10.3 Å². The summed E-state index contributed by atoms with van der Waals surface area (Å²) in [7, 11) is 0. The summed E-state index contributed by atoms with van der Waals surface area (Å²) >= 11 is 0. The monoisotopic (exact) mass is 396 g/mol. The van der Waals surface area contributed by atoms with E-state index in [9.17, 15) is 4.79 Å². The van der Waals surface area contributed by atoms with Gasteiger partial charge in [0.2, 0.25) is 5.91 Å². The quantitative estimate of drug-likeness (QED) is 0.518. The molecule has 2 fully saturated rings. The van der Waals surface area contributed by atoms with Gasteiger partial charge in [-0.25, -0.2) is 4.68 Å². The fraction of sp³-hybridized carbons (Fsp3) is 0.280. The molecule has 2 saturated carbocycles. The number of fused-ring (bicyclic) bond motifs is 1. The normalized spacial score (nSPS) is 16.3. The SMILES string of the molecule is NC(=O)Cc1cn(-c2ccc(-n3nc(C4CC4)cc3C3CC3)cc2)c2ccccc12. The molecule has 0 radical (unpaired) electrons. The number of rotatable bonds is 6. The standard InChI is InChI=1S/C25H24N4O/c26-25(30)13-18-15-28(23-4-2-1-3-21(18)23)19-9-11-20(12-10-19)29-24(17-7-8-17)14-22(27-29)16-5-6-16/h1-4,9-12,14-17H,5-8,13H2,(H2,26,30). The molecule has 2 aromatic heterocycles. The lowest BCUT2D eigenvalue weighted by molar-refractivity contribution is -0.117. The Morgan fingerprint density at radius 2 is 1.67 bits per heavy atom. The number of nitrogens with zero attached hydrogens (tertiary/aromatic N) is 3. The highest BCUT2D eigenvalue weighted by Crippen LogP contribution is 2.45. The topological polar surface area (TPSA) is 65.8 Å². The van der Waals surface area contributed by atoms with E-state index in [4.69, 9.17) is 10.8 Å². The summed E-state index contributed by atoms with van der Waals surface area (Å²) in [6.07, 6.45) is 7.35. The summed E-state index contributed by atoms with van der Waals surface area (Å²) in [6.45, 7) is 0. The molecule has 5 heteroatoms. The minimum atomic E-state index is -0.314. The number of benzene rings is 2. The first kappa shape index (κ1) is 17.5. The molecule has 0 bridgehead atoms. The highest BCUT2D eigenvalue weighted by molar-refractivity contribution is 5.90. The summed E-state index contributed by atoms with van der Waals surface area (Å²) < 4.78 is 4.29. The van der Waals surface area contributed by atoms with E-state index < -0.39 is 0 Å². The van der Waals surface area contributed by atoms with Gasteiger partial charge in [0.25, 0.3) is 0 Å².